The molecule has 0 amide bonds. The Balaban J connectivity index is 2.12. The van der Waals surface area contributed by atoms with Gasteiger partial charge in [0, 0.05) is 11.8 Å². The highest BCUT2D eigenvalue weighted by Crippen LogP contribution is 2.30. The Morgan fingerprint density at radius 3 is 2.85 bits per heavy atom. The van der Waals surface area contributed by atoms with Crippen LogP contribution in [0.4, 0.5) is 8.78 Å². The van der Waals surface area contributed by atoms with Crippen molar-refractivity contribution in [1.82, 2.24) is 4.98 Å². The van der Waals surface area contributed by atoms with Gasteiger partial charge in [-0.1, -0.05) is 6.07 Å². The first kappa shape index (κ1) is 13.1. The second kappa shape index (κ2) is 4.92. The van der Waals surface area contributed by atoms with Crippen LogP contribution in [0.5, 0.6) is 0 Å². The van der Waals surface area contributed by atoms with Crippen LogP contribution >= 0.6 is 11.3 Å². The minimum atomic E-state index is -1.37. The molecule has 0 aliphatic carbocycles. The number of fused-ring (bicyclic) bond motifs is 1. The lowest BCUT2D eigenvalue weighted by Crippen LogP contribution is -2.07. The summed E-state index contributed by atoms with van der Waals surface area (Å²) in [6, 6.07) is 6.07. The third-order valence-electron chi connectivity index (χ3n) is 3.23. The first-order valence-corrected chi connectivity index (χ1v) is 6.91. The van der Waals surface area contributed by atoms with Crippen LogP contribution in [0.15, 0.2) is 35.8 Å². The Hall–Kier alpha value is -1.85. The number of benzene rings is 1. The number of aliphatic hydroxyl groups excluding tert-OH is 1. The van der Waals surface area contributed by atoms with Gasteiger partial charge in [-0.3, -0.25) is 4.98 Å². The molecule has 102 valence electrons. The van der Waals surface area contributed by atoms with E-state index in [-0.39, 0.29) is 5.56 Å². The zero-order chi connectivity index (χ0) is 14.3. The van der Waals surface area contributed by atoms with Gasteiger partial charge in [-0.25, -0.2) is 8.78 Å². The van der Waals surface area contributed by atoms with Gasteiger partial charge in [0.25, 0.3) is 0 Å². The fourth-order valence-corrected chi connectivity index (χ4v) is 2.90. The molecule has 0 radical (unpaired) electrons. The normalized spacial score (nSPS) is 12.8. The van der Waals surface area contributed by atoms with Gasteiger partial charge in [0.2, 0.25) is 0 Å². The van der Waals surface area contributed by atoms with E-state index in [0.717, 1.165) is 16.3 Å². The molecule has 2 nitrogen and oxygen atoms in total. The van der Waals surface area contributed by atoms with Gasteiger partial charge in [0.05, 0.1) is 15.8 Å². The van der Waals surface area contributed by atoms with Gasteiger partial charge in [0.15, 0.2) is 0 Å². The van der Waals surface area contributed by atoms with E-state index in [9.17, 15) is 13.9 Å². The summed E-state index contributed by atoms with van der Waals surface area (Å²) in [5.41, 5.74) is 1.15. The van der Waals surface area contributed by atoms with Gasteiger partial charge in [0.1, 0.15) is 17.7 Å². The maximum absolute atomic E-state index is 14.0. The summed E-state index contributed by atoms with van der Waals surface area (Å²) in [6.07, 6.45) is 0.0786. The number of hydrogen-bond acceptors (Lipinski definition) is 3. The second-order valence-electron chi connectivity index (χ2n) is 4.57. The average molecular weight is 291 g/mol. The summed E-state index contributed by atoms with van der Waals surface area (Å²) >= 11 is 1.46. The van der Waals surface area contributed by atoms with Crippen molar-refractivity contribution in [3.8, 4) is 0 Å². The van der Waals surface area contributed by atoms with E-state index in [1.54, 1.807) is 6.07 Å². The molecule has 0 fully saturated rings. The molecule has 5 heteroatoms. The minimum Gasteiger partial charge on any atom is -0.383 e. The third kappa shape index (κ3) is 2.09. The Labute approximate surface area is 118 Å². The van der Waals surface area contributed by atoms with E-state index in [0.29, 0.717) is 11.1 Å². The Bertz CT molecular complexity index is 785. The Morgan fingerprint density at radius 2 is 2.05 bits per heavy atom. The number of aryl methyl sites for hydroxylation is 1. The molecule has 1 N–H and O–H groups in total. The molecule has 2 aromatic heterocycles. The molecule has 3 rings (SSSR count). The number of thiophene rings is 1. The highest BCUT2D eigenvalue weighted by Gasteiger charge is 2.21. The van der Waals surface area contributed by atoms with Crippen LogP contribution in [-0.2, 0) is 0 Å². The van der Waals surface area contributed by atoms with Gasteiger partial charge >= 0.3 is 0 Å². The first-order valence-electron chi connectivity index (χ1n) is 6.03. The van der Waals surface area contributed by atoms with Crippen molar-refractivity contribution >= 4 is 21.6 Å². The quantitative estimate of drug-likeness (QED) is 0.775. The van der Waals surface area contributed by atoms with Crippen molar-refractivity contribution in [3.05, 3.63) is 64.2 Å². The number of halogens is 2. The standard InChI is InChI=1S/C15H11F2NOS/c1-8-2-3-10(16)13(14(8)17)15(19)9-6-12-11(18-7-9)4-5-20-12/h2-7,15,19H,1H3. The van der Waals surface area contributed by atoms with Crippen molar-refractivity contribution in [3.63, 3.8) is 0 Å². The van der Waals surface area contributed by atoms with Crippen molar-refractivity contribution in [2.75, 3.05) is 0 Å². The number of aromatic nitrogens is 1. The van der Waals surface area contributed by atoms with E-state index >= 15 is 0 Å². The van der Waals surface area contributed by atoms with Crippen molar-refractivity contribution < 1.29 is 13.9 Å². The van der Waals surface area contributed by atoms with Crippen LogP contribution < -0.4 is 0 Å². The molecule has 1 atom stereocenters. The highest BCUT2D eigenvalue weighted by molar-refractivity contribution is 7.17. The van der Waals surface area contributed by atoms with Crippen molar-refractivity contribution in [2.24, 2.45) is 0 Å². The minimum absolute atomic E-state index is 0.297. The predicted molar refractivity (Wildman–Crippen MR) is 74.8 cm³/mol. The van der Waals surface area contributed by atoms with Crippen LogP contribution in [0.1, 0.15) is 22.8 Å². The largest absolute Gasteiger partial charge is 0.383 e. The summed E-state index contributed by atoms with van der Waals surface area (Å²) in [6.45, 7) is 1.53. The van der Waals surface area contributed by atoms with Crippen LogP contribution in [0.25, 0.3) is 10.2 Å². The summed E-state index contributed by atoms with van der Waals surface area (Å²) in [5, 5.41) is 12.1. The molecule has 0 saturated heterocycles. The van der Waals surface area contributed by atoms with Gasteiger partial charge in [-0.05, 0) is 36.1 Å². The van der Waals surface area contributed by atoms with Crippen molar-refractivity contribution in [2.45, 2.75) is 13.0 Å². The molecular formula is C15H11F2NOS. The SMILES string of the molecule is Cc1ccc(F)c(C(O)c2cnc3ccsc3c2)c1F. The third-order valence-corrected chi connectivity index (χ3v) is 4.09. The number of hydrogen-bond donors (Lipinski definition) is 1. The van der Waals surface area contributed by atoms with Crippen LogP contribution in [0.3, 0.4) is 0 Å². The topological polar surface area (TPSA) is 33.1 Å². The Kier molecular flexibility index (Phi) is 3.23. The lowest BCUT2D eigenvalue weighted by atomic mass is 9.99. The lowest BCUT2D eigenvalue weighted by molar-refractivity contribution is 0.208. The fraction of sp³-hybridized carbons (Fsp3) is 0.133. The predicted octanol–water partition coefficient (Wildman–Crippen LogP) is 3.96. The summed E-state index contributed by atoms with van der Waals surface area (Å²) in [4.78, 5) is 4.18. The molecular weight excluding hydrogens is 280 g/mol. The molecule has 3 aromatic rings. The molecule has 0 saturated carbocycles. The zero-order valence-corrected chi connectivity index (χ0v) is 11.4. The molecule has 0 aliphatic rings. The molecule has 0 bridgehead atoms. The fourth-order valence-electron chi connectivity index (χ4n) is 2.11. The van der Waals surface area contributed by atoms with E-state index in [4.69, 9.17) is 0 Å². The summed E-state index contributed by atoms with van der Waals surface area (Å²) < 4.78 is 28.7. The van der Waals surface area contributed by atoms with Crippen LogP contribution in [-0.4, -0.2) is 10.1 Å². The molecule has 0 aliphatic heterocycles. The first-order chi connectivity index (χ1) is 9.58. The van der Waals surface area contributed by atoms with E-state index < -0.39 is 17.7 Å². The second-order valence-corrected chi connectivity index (χ2v) is 5.51. The zero-order valence-electron chi connectivity index (χ0n) is 10.6. The summed E-state index contributed by atoms with van der Waals surface area (Å²) in [7, 11) is 0. The van der Waals surface area contributed by atoms with E-state index in [2.05, 4.69) is 4.98 Å². The average Bonchev–Trinajstić information content (AvgIpc) is 2.90. The van der Waals surface area contributed by atoms with Gasteiger partial charge in [-0.15, -0.1) is 11.3 Å². The molecule has 1 aromatic carbocycles. The highest BCUT2D eigenvalue weighted by atomic mass is 32.1. The molecule has 20 heavy (non-hydrogen) atoms. The maximum Gasteiger partial charge on any atom is 0.135 e. The monoisotopic (exact) mass is 291 g/mol. The summed E-state index contributed by atoms with van der Waals surface area (Å²) in [5.74, 6) is -1.48. The maximum atomic E-state index is 14.0. The van der Waals surface area contributed by atoms with E-state index in [1.165, 1.54) is 30.5 Å². The van der Waals surface area contributed by atoms with Crippen LogP contribution in [0.2, 0.25) is 0 Å². The molecule has 1 unspecified atom stereocenters. The smallest absolute Gasteiger partial charge is 0.135 e. The number of nitrogens with zero attached hydrogens (tertiary/aromatic N) is 1. The molecule has 0 spiro atoms. The van der Waals surface area contributed by atoms with Gasteiger partial charge < -0.3 is 5.11 Å². The van der Waals surface area contributed by atoms with E-state index in [1.807, 2.05) is 11.4 Å². The number of pyridine rings is 1. The number of aliphatic hydroxyl groups is 1. The lowest BCUT2D eigenvalue weighted by Gasteiger charge is -2.14. The van der Waals surface area contributed by atoms with Gasteiger partial charge in [-0.2, -0.15) is 0 Å². The number of rotatable bonds is 2. The Morgan fingerprint density at radius 1 is 1.25 bits per heavy atom. The van der Waals surface area contributed by atoms with Crippen LogP contribution in [0, 0.1) is 18.6 Å². The van der Waals surface area contributed by atoms with Crippen molar-refractivity contribution in [1.29, 1.82) is 0 Å². The molecule has 2 heterocycles.